The Bertz CT molecular complexity index is 515. The molecule has 0 bridgehead atoms. The Balaban J connectivity index is 2.13. The lowest BCUT2D eigenvalue weighted by molar-refractivity contribution is 0.613. The van der Waals surface area contributed by atoms with Gasteiger partial charge in [-0.1, -0.05) is 43.3 Å². The summed E-state index contributed by atoms with van der Waals surface area (Å²) in [6.45, 7) is 3.93. The van der Waals surface area contributed by atoms with Gasteiger partial charge in [-0.25, -0.2) is 4.39 Å². The highest BCUT2D eigenvalue weighted by molar-refractivity contribution is 5.33. The number of benzene rings is 2. The van der Waals surface area contributed by atoms with Crippen molar-refractivity contribution in [1.82, 2.24) is 0 Å². The summed E-state index contributed by atoms with van der Waals surface area (Å²) >= 11 is 0. The lowest BCUT2D eigenvalue weighted by Gasteiger charge is -2.09. The molecule has 2 aromatic carbocycles. The average Bonchev–Trinajstić information content (AvgIpc) is 2.41. The van der Waals surface area contributed by atoms with Crippen LogP contribution in [-0.4, -0.2) is 0 Å². The third kappa shape index (κ3) is 2.98. The Morgan fingerprint density at radius 2 is 1.61 bits per heavy atom. The zero-order valence-electron chi connectivity index (χ0n) is 11.0. The first-order chi connectivity index (χ1) is 8.70. The van der Waals surface area contributed by atoms with Gasteiger partial charge in [0.15, 0.2) is 0 Å². The minimum atomic E-state index is -0.0718. The van der Waals surface area contributed by atoms with Crippen LogP contribution in [0.5, 0.6) is 0 Å². The standard InChI is InChI=1S/C17H19F/c1-3-16-11-15(12-17(18)13(16)2)10-9-14-7-5-4-6-8-14/h4-8,11-12H,3,9-10H2,1-2H3. The molecule has 0 radical (unpaired) electrons. The Labute approximate surface area is 108 Å². The van der Waals surface area contributed by atoms with Crippen molar-refractivity contribution in [2.75, 3.05) is 0 Å². The van der Waals surface area contributed by atoms with Crippen molar-refractivity contribution < 1.29 is 4.39 Å². The van der Waals surface area contributed by atoms with Crippen molar-refractivity contribution in [2.45, 2.75) is 33.1 Å². The van der Waals surface area contributed by atoms with E-state index >= 15 is 0 Å². The smallest absolute Gasteiger partial charge is 0.126 e. The molecule has 18 heavy (non-hydrogen) atoms. The lowest BCUT2D eigenvalue weighted by Crippen LogP contribution is -1.97. The predicted molar refractivity (Wildman–Crippen MR) is 74.4 cm³/mol. The van der Waals surface area contributed by atoms with Gasteiger partial charge in [-0.3, -0.25) is 0 Å². The molecule has 0 heterocycles. The summed E-state index contributed by atoms with van der Waals surface area (Å²) in [5.41, 5.74) is 4.31. The summed E-state index contributed by atoms with van der Waals surface area (Å²) in [7, 11) is 0. The van der Waals surface area contributed by atoms with Gasteiger partial charge in [0.25, 0.3) is 0 Å². The summed E-state index contributed by atoms with van der Waals surface area (Å²) in [5, 5.41) is 0. The number of aryl methyl sites for hydroxylation is 3. The van der Waals surface area contributed by atoms with E-state index in [4.69, 9.17) is 0 Å². The molecule has 0 amide bonds. The Kier molecular flexibility index (Phi) is 4.14. The second-order valence-electron chi connectivity index (χ2n) is 4.70. The molecule has 0 saturated heterocycles. The first kappa shape index (κ1) is 12.8. The van der Waals surface area contributed by atoms with E-state index in [1.54, 1.807) is 6.07 Å². The van der Waals surface area contributed by atoms with Crippen molar-refractivity contribution in [3.8, 4) is 0 Å². The highest BCUT2D eigenvalue weighted by Gasteiger charge is 2.06. The summed E-state index contributed by atoms with van der Waals surface area (Å²) < 4.78 is 13.8. The van der Waals surface area contributed by atoms with Gasteiger partial charge < -0.3 is 0 Å². The van der Waals surface area contributed by atoms with Crippen LogP contribution in [0.2, 0.25) is 0 Å². The monoisotopic (exact) mass is 242 g/mol. The Morgan fingerprint density at radius 3 is 2.28 bits per heavy atom. The first-order valence-electron chi connectivity index (χ1n) is 6.52. The molecule has 0 nitrogen and oxygen atoms in total. The maximum Gasteiger partial charge on any atom is 0.126 e. The van der Waals surface area contributed by atoms with Gasteiger partial charge in [0.2, 0.25) is 0 Å². The summed E-state index contributed by atoms with van der Waals surface area (Å²) in [6, 6.07) is 14.2. The molecule has 0 unspecified atom stereocenters. The third-order valence-electron chi connectivity index (χ3n) is 3.44. The summed E-state index contributed by atoms with van der Waals surface area (Å²) in [5.74, 6) is -0.0718. The molecule has 0 atom stereocenters. The lowest BCUT2D eigenvalue weighted by atomic mass is 9.98. The second kappa shape index (κ2) is 5.81. The Hall–Kier alpha value is -1.63. The van der Waals surface area contributed by atoms with Crippen LogP contribution in [0.1, 0.15) is 29.2 Å². The number of halogens is 1. The molecule has 0 saturated carbocycles. The quantitative estimate of drug-likeness (QED) is 0.741. The fourth-order valence-corrected chi connectivity index (χ4v) is 2.24. The Morgan fingerprint density at radius 1 is 0.944 bits per heavy atom. The fraction of sp³-hybridized carbons (Fsp3) is 0.294. The molecule has 0 fully saturated rings. The van der Waals surface area contributed by atoms with E-state index < -0.39 is 0 Å². The maximum atomic E-state index is 13.8. The van der Waals surface area contributed by atoms with Crippen LogP contribution in [-0.2, 0) is 19.3 Å². The van der Waals surface area contributed by atoms with E-state index in [-0.39, 0.29) is 5.82 Å². The van der Waals surface area contributed by atoms with Gasteiger partial charge >= 0.3 is 0 Å². The van der Waals surface area contributed by atoms with Crippen LogP contribution in [0.3, 0.4) is 0 Å². The molecule has 0 aromatic heterocycles. The molecule has 0 aliphatic carbocycles. The molecule has 0 spiro atoms. The number of hydrogen-bond donors (Lipinski definition) is 0. The largest absolute Gasteiger partial charge is 0.207 e. The number of hydrogen-bond acceptors (Lipinski definition) is 0. The van der Waals surface area contributed by atoms with Crippen LogP contribution in [0.4, 0.5) is 4.39 Å². The molecule has 94 valence electrons. The van der Waals surface area contributed by atoms with Crippen LogP contribution in [0.15, 0.2) is 42.5 Å². The topological polar surface area (TPSA) is 0 Å². The van der Waals surface area contributed by atoms with Crippen molar-refractivity contribution >= 4 is 0 Å². The predicted octanol–water partition coefficient (Wildman–Crippen LogP) is 4.48. The minimum absolute atomic E-state index is 0.0718. The van der Waals surface area contributed by atoms with E-state index in [9.17, 15) is 4.39 Å². The molecule has 1 heteroatoms. The van der Waals surface area contributed by atoms with Crippen LogP contribution in [0, 0.1) is 12.7 Å². The van der Waals surface area contributed by atoms with Gasteiger partial charge in [0, 0.05) is 0 Å². The molecule has 0 aliphatic heterocycles. The normalized spacial score (nSPS) is 10.6. The van der Waals surface area contributed by atoms with Gasteiger partial charge in [0.1, 0.15) is 5.82 Å². The summed E-state index contributed by atoms with van der Waals surface area (Å²) in [6.07, 6.45) is 2.75. The highest BCUT2D eigenvalue weighted by atomic mass is 19.1. The van der Waals surface area contributed by atoms with E-state index in [1.807, 2.05) is 25.1 Å². The van der Waals surface area contributed by atoms with Gasteiger partial charge in [-0.15, -0.1) is 0 Å². The van der Waals surface area contributed by atoms with Crippen LogP contribution < -0.4 is 0 Å². The molecule has 0 aliphatic rings. The van der Waals surface area contributed by atoms with E-state index in [2.05, 4.69) is 25.1 Å². The third-order valence-corrected chi connectivity index (χ3v) is 3.44. The van der Waals surface area contributed by atoms with Crippen LogP contribution in [0.25, 0.3) is 0 Å². The second-order valence-corrected chi connectivity index (χ2v) is 4.70. The first-order valence-corrected chi connectivity index (χ1v) is 6.52. The molecule has 2 aromatic rings. The van der Waals surface area contributed by atoms with E-state index in [0.717, 1.165) is 36.0 Å². The summed E-state index contributed by atoms with van der Waals surface area (Å²) in [4.78, 5) is 0. The SMILES string of the molecule is CCc1cc(CCc2ccccc2)cc(F)c1C. The number of rotatable bonds is 4. The van der Waals surface area contributed by atoms with Crippen molar-refractivity contribution in [3.05, 3.63) is 70.5 Å². The molecule has 2 rings (SSSR count). The molecular weight excluding hydrogens is 223 g/mol. The zero-order valence-corrected chi connectivity index (χ0v) is 11.0. The zero-order chi connectivity index (χ0) is 13.0. The molecule has 0 N–H and O–H groups in total. The van der Waals surface area contributed by atoms with Crippen LogP contribution >= 0.6 is 0 Å². The van der Waals surface area contributed by atoms with Gasteiger partial charge in [-0.05, 0) is 54.5 Å². The van der Waals surface area contributed by atoms with Crippen molar-refractivity contribution in [3.63, 3.8) is 0 Å². The minimum Gasteiger partial charge on any atom is -0.207 e. The highest BCUT2D eigenvalue weighted by Crippen LogP contribution is 2.18. The van der Waals surface area contributed by atoms with Gasteiger partial charge in [-0.2, -0.15) is 0 Å². The maximum absolute atomic E-state index is 13.8. The fourth-order valence-electron chi connectivity index (χ4n) is 2.24. The van der Waals surface area contributed by atoms with E-state index in [1.165, 1.54) is 5.56 Å². The van der Waals surface area contributed by atoms with Crippen molar-refractivity contribution in [2.24, 2.45) is 0 Å². The molecular formula is C17H19F. The van der Waals surface area contributed by atoms with Gasteiger partial charge in [0.05, 0.1) is 0 Å². The van der Waals surface area contributed by atoms with Crippen molar-refractivity contribution in [1.29, 1.82) is 0 Å². The van der Waals surface area contributed by atoms with E-state index in [0.29, 0.717) is 0 Å². The average molecular weight is 242 g/mol.